The second kappa shape index (κ2) is 49.4. The highest BCUT2D eigenvalue weighted by Gasteiger charge is 2.16. The number of carbonyl (C=O) groups excluding carboxylic acids is 3. The maximum atomic E-state index is 12.6. The number of hydrogen-bond acceptors (Lipinski definition) is 16. The maximum absolute atomic E-state index is 12.6. The van der Waals surface area contributed by atoms with Gasteiger partial charge in [-0.2, -0.15) is 0 Å². The Morgan fingerprint density at radius 2 is 0.984 bits per heavy atom. The van der Waals surface area contributed by atoms with Crippen molar-refractivity contribution in [2.75, 3.05) is 171 Å². The van der Waals surface area contributed by atoms with Crippen molar-refractivity contribution in [2.45, 2.75) is 97.0 Å². The molecule has 1 atom stereocenters. The molecule has 15 nitrogen and oxygen atoms in total. The van der Waals surface area contributed by atoms with Crippen LogP contribution in [0.5, 0.6) is 0 Å². The molecule has 6 N–H and O–H groups in total. The molecule has 0 saturated heterocycles. The zero-order valence-corrected chi connectivity index (χ0v) is 43.4. The molecule has 0 aliphatic heterocycles. The highest BCUT2D eigenvalue weighted by Crippen LogP contribution is 2.21. The molecule has 63 heavy (non-hydrogen) atoms. The number of hydroxylamine groups is 1. The third kappa shape index (κ3) is 47.7. The topological polar surface area (TPSA) is 155 Å². The predicted molar refractivity (Wildman–Crippen MR) is 278 cm³/mol. The van der Waals surface area contributed by atoms with Crippen molar-refractivity contribution >= 4 is 60.9 Å². The molecule has 0 aromatic rings. The summed E-state index contributed by atoms with van der Waals surface area (Å²) < 4.78 is 6.16. The molecule has 19 heteroatoms. The van der Waals surface area contributed by atoms with Crippen molar-refractivity contribution in [3.05, 3.63) is 0 Å². The molecule has 0 fully saturated rings. The van der Waals surface area contributed by atoms with Gasteiger partial charge in [-0.15, -0.1) is 0 Å². The summed E-state index contributed by atoms with van der Waals surface area (Å²) in [6, 6.07) is 0. The van der Waals surface area contributed by atoms with E-state index < -0.39 is 0 Å². The fourth-order valence-corrected chi connectivity index (χ4v) is 9.35. The van der Waals surface area contributed by atoms with E-state index in [1.54, 1.807) is 43.2 Å². The summed E-state index contributed by atoms with van der Waals surface area (Å²) in [4.78, 5) is 51.8. The first-order valence-electron chi connectivity index (χ1n) is 23.3. The SMILES string of the molecule is C.CNCCCN(C)CCCCN(C)CCCNOCCSSCCC(=O)NCCCN(C)CCC(CN(C)CCCNC)OCC(=O)NCCCCCCNC(=O)CCSSC. The number of hydrogen-bond donors (Lipinski definition) is 6. The molecule has 0 spiro atoms. The normalized spacial score (nSPS) is 12.0. The van der Waals surface area contributed by atoms with E-state index in [2.05, 4.69) is 79.9 Å². The van der Waals surface area contributed by atoms with Gasteiger partial charge < -0.3 is 55.8 Å². The number of carbonyl (C=O) groups is 3. The van der Waals surface area contributed by atoms with Crippen LogP contribution in [-0.4, -0.2) is 214 Å². The molecule has 376 valence electrons. The highest BCUT2D eigenvalue weighted by molar-refractivity contribution is 8.76. The lowest BCUT2D eigenvalue weighted by Crippen LogP contribution is -2.38. The second-order valence-electron chi connectivity index (χ2n) is 16.1. The summed E-state index contributed by atoms with van der Waals surface area (Å²) in [7, 11) is 19.5. The summed E-state index contributed by atoms with van der Waals surface area (Å²) in [5.74, 6) is 2.65. The van der Waals surface area contributed by atoms with Crippen LogP contribution in [0.1, 0.15) is 90.9 Å². The molecule has 0 radical (unpaired) electrons. The van der Waals surface area contributed by atoms with E-state index in [1.807, 2.05) is 20.4 Å². The molecule has 0 aromatic heterocycles. The molecule has 0 aliphatic rings. The van der Waals surface area contributed by atoms with E-state index in [0.717, 1.165) is 134 Å². The third-order valence-corrected chi connectivity index (χ3v) is 14.2. The van der Waals surface area contributed by atoms with Crippen LogP contribution in [0, 0.1) is 0 Å². The van der Waals surface area contributed by atoms with Crippen molar-refractivity contribution in [2.24, 2.45) is 0 Å². The Balaban J connectivity index is 0. The Morgan fingerprint density at radius 3 is 1.56 bits per heavy atom. The van der Waals surface area contributed by atoms with Gasteiger partial charge in [0.05, 0.1) is 12.7 Å². The van der Waals surface area contributed by atoms with Crippen LogP contribution in [-0.2, 0) is 24.0 Å². The second-order valence-corrected chi connectivity index (χ2v) is 21.4. The first kappa shape index (κ1) is 64.5. The number of ether oxygens (including phenoxy) is 1. The maximum Gasteiger partial charge on any atom is 0.246 e. The fraction of sp³-hybridized carbons (Fsp3) is 0.932. The Kier molecular flexibility index (Phi) is 50.6. The van der Waals surface area contributed by atoms with Gasteiger partial charge in [-0.3, -0.25) is 14.4 Å². The minimum absolute atomic E-state index is 0. The number of amides is 3. The van der Waals surface area contributed by atoms with Gasteiger partial charge in [0, 0.05) is 69.4 Å². The summed E-state index contributed by atoms with van der Waals surface area (Å²) in [6.07, 6.45) is 14.5. The van der Waals surface area contributed by atoms with Gasteiger partial charge in [0.2, 0.25) is 17.7 Å². The van der Waals surface area contributed by atoms with Gasteiger partial charge >= 0.3 is 0 Å². The quantitative estimate of drug-likeness (QED) is 0.0288. The van der Waals surface area contributed by atoms with E-state index in [9.17, 15) is 14.4 Å². The molecule has 0 saturated carbocycles. The largest absolute Gasteiger partial charge is 0.367 e. The van der Waals surface area contributed by atoms with Crippen molar-refractivity contribution in [3.8, 4) is 0 Å². The predicted octanol–water partition coefficient (Wildman–Crippen LogP) is 4.51. The first-order chi connectivity index (χ1) is 30.1. The molecule has 0 aliphatic carbocycles. The Labute approximate surface area is 402 Å². The zero-order chi connectivity index (χ0) is 45.7. The summed E-state index contributed by atoms with van der Waals surface area (Å²) in [6.45, 7) is 13.6. The molecule has 0 bridgehead atoms. The summed E-state index contributed by atoms with van der Waals surface area (Å²) in [5.41, 5.74) is 3.09. The Bertz CT molecular complexity index is 1040. The van der Waals surface area contributed by atoms with Gasteiger partial charge in [0.25, 0.3) is 0 Å². The van der Waals surface area contributed by atoms with Gasteiger partial charge in [-0.1, -0.05) is 63.4 Å². The lowest BCUT2D eigenvalue weighted by molar-refractivity contribution is -0.128. The van der Waals surface area contributed by atoms with Crippen LogP contribution in [0.2, 0.25) is 0 Å². The minimum atomic E-state index is -0.0764. The fourth-order valence-electron chi connectivity index (χ4n) is 6.35. The molecule has 3 amide bonds. The lowest BCUT2D eigenvalue weighted by atomic mass is 10.2. The average molecular weight is 974 g/mol. The molecule has 0 rings (SSSR count). The van der Waals surface area contributed by atoms with Gasteiger partial charge in [0.15, 0.2) is 0 Å². The standard InChI is InChI=1S/C43H92N10O5S4.CH4/c1-44-21-14-29-50(3)27-12-13-28-51(4)31-17-26-49-58-34-37-62-61-36-20-42(55)47-25-16-30-52(5)33-18-40(38-53(6)32-15-22-45-2)57-39-43(56)48-24-11-9-8-10-23-46-41(54)19-35-60-59-7;/h40,44-45,49H,8-39H2,1-7H3,(H,46,54)(H,47,55)(H,48,56);1H4. The number of unbranched alkanes of at least 4 members (excludes halogenated alkanes) is 4. The van der Waals surface area contributed by atoms with E-state index in [-0.39, 0.29) is 37.9 Å². The molecule has 1 unspecified atom stereocenters. The van der Waals surface area contributed by atoms with Crippen LogP contribution in [0.4, 0.5) is 0 Å². The highest BCUT2D eigenvalue weighted by atomic mass is 33.1. The van der Waals surface area contributed by atoms with Crippen LogP contribution in [0.15, 0.2) is 0 Å². The minimum Gasteiger partial charge on any atom is -0.367 e. The number of nitrogens with one attached hydrogen (secondary N) is 6. The van der Waals surface area contributed by atoms with Crippen LogP contribution in [0.3, 0.4) is 0 Å². The van der Waals surface area contributed by atoms with Crippen LogP contribution in [0.25, 0.3) is 0 Å². The number of likely N-dealkylation sites (N-methyl/N-ethyl adjacent to an activating group) is 1. The van der Waals surface area contributed by atoms with Gasteiger partial charge in [-0.05, 0) is 159 Å². The zero-order valence-electron chi connectivity index (χ0n) is 40.2. The lowest BCUT2D eigenvalue weighted by Gasteiger charge is -2.26. The molecule has 0 aromatic carbocycles. The summed E-state index contributed by atoms with van der Waals surface area (Å²) >= 11 is 0. The molecule has 0 heterocycles. The smallest absolute Gasteiger partial charge is 0.246 e. The van der Waals surface area contributed by atoms with Gasteiger partial charge in [-0.25, -0.2) is 5.48 Å². The molecular formula is C44H96N10O5S4. The van der Waals surface area contributed by atoms with Crippen molar-refractivity contribution in [1.29, 1.82) is 0 Å². The van der Waals surface area contributed by atoms with Crippen molar-refractivity contribution in [1.82, 2.24) is 51.7 Å². The number of nitrogens with zero attached hydrogens (tertiary/aromatic N) is 4. The van der Waals surface area contributed by atoms with Gasteiger partial charge in [0.1, 0.15) is 6.61 Å². The van der Waals surface area contributed by atoms with Crippen LogP contribution >= 0.6 is 43.2 Å². The van der Waals surface area contributed by atoms with Crippen molar-refractivity contribution in [3.63, 3.8) is 0 Å². The Morgan fingerprint density at radius 1 is 0.524 bits per heavy atom. The Hall–Kier alpha value is -0.550. The first-order valence-corrected chi connectivity index (χ1v) is 28.5. The van der Waals surface area contributed by atoms with Crippen LogP contribution < -0.4 is 32.1 Å². The third-order valence-electron chi connectivity index (χ3n) is 10.1. The molecular weight excluding hydrogens is 877 g/mol. The monoisotopic (exact) mass is 973 g/mol. The van der Waals surface area contributed by atoms with E-state index in [4.69, 9.17) is 9.57 Å². The summed E-state index contributed by atoms with van der Waals surface area (Å²) in [5, 5.41) is 15.5. The van der Waals surface area contributed by atoms with E-state index in [0.29, 0.717) is 39.1 Å². The van der Waals surface area contributed by atoms with Crippen molar-refractivity contribution < 1.29 is 24.0 Å². The number of rotatable bonds is 48. The van der Waals surface area contributed by atoms with E-state index in [1.165, 1.54) is 25.8 Å². The average Bonchev–Trinajstić information content (AvgIpc) is 3.25. The van der Waals surface area contributed by atoms with E-state index >= 15 is 0 Å².